The van der Waals surface area contributed by atoms with E-state index >= 15 is 0 Å². The SMILES string of the molecule is C=C(CO)C1CCC2(C(=O)O)CCC3(C)C(CCC4C5(C)CCC(N)C(C)(CO)C5CCC43C)C12. The fourth-order valence-electron chi connectivity index (χ4n) is 11.6. The summed E-state index contributed by atoms with van der Waals surface area (Å²) in [7, 11) is 0. The van der Waals surface area contributed by atoms with Crippen LogP contribution in [-0.4, -0.2) is 40.5 Å². The van der Waals surface area contributed by atoms with Gasteiger partial charge in [-0.2, -0.15) is 0 Å². The van der Waals surface area contributed by atoms with E-state index < -0.39 is 11.4 Å². The van der Waals surface area contributed by atoms with E-state index in [9.17, 15) is 20.1 Å². The first-order valence-electron chi connectivity index (χ1n) is 14.2. The van der Waals surface area contributed by atoms with Crippen molar-refractivity contribution in [2.24, 2.45) is 62.4 Å². The summed E-state index contributed by atoms with van der Waals surface area (Å²) in [6.07, 6.45) is 9.80. The predicted molar refractivity (Wildman–Crippen MR) is 137 cm³/mol. The molecule has 0 heterocycles. The van der Waals surface area contributed by atoms with Gasteiger partial charge in [-0.3, -0.25) is 4.79 Å². The fourth-order valence-corrected chi connectivity index (χ4v) is 11.6. The maximum atomic E-state index is 12.8. The summed E-state index contributed by atoms with van der Waals surface area (Å²) in [5.41, 5.74) is 6.94. The molecular formula is C30H49NO4. The van der Waals surface area contributed by atoms with Crippen molar-refractivity contribution in [2.75, 3.05) is 13.2 Å². The Morgan fingerprint density at radius 3 is 2.23 bits per heavy atom. The van der Waals surface area contributed by atoms with Gasteiger partial charge in [0.15, 0.2) is 0 Å². The van der Waals surface area contributed by atoms with Crippen molar-refractivity contribution in [1.29, 1.82) is 0 Å². The molecule has 0 aromatic heterocycles. The van der Waals surface area contributed by atoms with Crippen molar-refractivity contribution in [2.45, 2.75) is 97.9 Å². The Kier molecular flexibility index (Phi) is 5.91. The number of hydrogen-bond acceptors (Lipinski definition) is 4. The molecule has 0 aromatic carbocycles. The monoisotopic (exact) mass is 487 g/mol. The molecule has 5 aliphatic rings. The highest BCUT2D eigenvalue weighted by atomic mass is 16.4. The minimum Gasteiger partial charge on any atom is -0.481 e. The largest absolute Gasteiger partial charge is 0.481 e. The molecule has 198 valence electrons. The highest BCUT2D eigenvalue weighted by Gasteiger charge is 2.72. The molecule has 0 spiro atoms. The van der Waals surface area contributed by atoms with Crippen LogP contribution in [-0.2, 0) is 4.79 Å². The first-order valence-corrected chi connectivity index (χ1v) is 14.2. The minimum atomic E-state index is -0.662. The van der Waals surface area contributed by atoms with E-state index in [0.29, 0.717) is 17.8 Å². The summed E-state index contributed by atoms with van der Waals surface area (Å²) in [6.45, 7) is 14.1. The van der Waals surface area contributed by atoms with E-state index in [-0.39, 0.29) is 52.8 Å². The van der Waals surface area contributed by atoms with Crippen LogP contribution >= 0.6 is 0 Å². The molecule has 0 saturated heterocycles. The van der Waals surface area contributed by atoms with E-state index in [1.807, 2.05) is 0 Å². The molecule has 35 heavy (non-hydrogen) atoms. The van der Waals surface area contributed by atoms with Crippen molar-refractivity contribution >= 4 is 5.97 Å². The second-order valence-corrected chi connectivity index (χ2v) is 14.4. The quantitative estimate of drug-likeness (QED) is 0.418. The number of hydrogen-bond donors (Lipinski definition) is 4. The highest BCUT2D eigenvalue weighted by Crippen LogP contribution is 2.77. The average molecular weight is 488 g/mol. The molecule has 5 fully saturated rings. The maximum absolute atomic E-state index is 12.8. The first kappa shape index (κ1) is 25.7. The Morgan fingerprint density at radius 2 is 1.60 bits per heavy atom. The molecule has 5 aliphatic carbocycles. The molecule has 11 atom stereocenters. The minimum absolute atomic E-state index is 0.0417. The third-order valence-corrected chi connectivity index (χ3v) is 13.8. The van der Waals surface area contributed by atoms with Crippen LogP contribution in [0, 0.1) is 56.7 Å². The maximum Gasteiger partial charge on any atom is 0.309 e. The van der Waals surface area contributed by atoms with Gasteiger partial charge in [0.05, 0.1) is 18.6 Å². The zero-order chi connectivity index (χ0) is 25.6. The molecule has 0 aromatic rings. The highest BCUT2D eigenvalue weighted by molar-refractivity contribution is 5.76. The normalized spacial score (nSPS) is 55.3. The second-order valence-electron chi connectivity index (χ2n) is 14.4. The van der Waals surface area contributed by atoms with Gasteiger partial charge in [-0.15, -0.1) is 0 Å². The van der Waals surface area contributed by atoms with Crippen LogP contribution in [0.25, 0.3) is 0 Å². The number of aliphatic hydroxyl groups is 2. The number of carboxylic acids is 1. The van der Waals surface area contributed by atoms with E-state index in [4.69, 9.17) is 5.73 Å². The Balaban J connectivity index is 1.56. The standard InChI is InChI=1S/C30H49NO4/c1-18(16-32)19-8-13-30(25(34)35)15-14-28(4)20(24(19)30)6-7-22-26(2)11-10-23(31)27(3,17-33)21(26)9-12-29(22,28)5/h19-24,32-33H,1,6-17,31H2,2-5H3,(H,34,35). The molecule has 0 aliphatic heterocycles. The number of carboxylic acid groups (broad SMARTS) is 1. The number of aliphatic hydroxyl groups excluding tert-OH is 2. The number of aliphatic carboxylic acids is 1. The lowest BCUT2D eigenvalue weighted by atomic mass is 9.32. The summed E-state index contributed by atoms with van der Waals surface area (Å²) in [4.78, 5) is 12.8. The van der Waals surface area contributed by atoms with Crippen molar-refractivity contribution in [1.82, 2.24) is 0 Å². The molecule has 5 rings (SSSR count). The summed E-state index contributed by atoms with van der Waals surface area (Å²) in [5, 5.41) is 31.0. The summed E-state index contributed by atoms with van der Waals surface area (Å²) in [5.74, 6) is 0.895. The molecule has 11 unspecified atom stereocenters. The molecule has 5 heteroatoms. The van der Waals surface area contributed by atoms with Crippen molar-refractivity contribution in [3.05, 3.63) is 12.2 Å². The smallest absolute Gasteiger partial charge is 0.309 e. The lowest BCUT2D eigenvalue weighted by Crippen LogP contribution is -2.68. The molecule has 0 bridgehead atoms. The van der Waals surface area contributed by atoms with Crippen molar-refractivity contribution < 1.29 is 20.1 Å². The van der Waals surface area contributed by atoms with Crippen LogP contribution in [0.15, 0.2) is 12.2 Å². The second kappa shape index (κ2) is 8.04. The van der Waals surface area contributed by atoms with E-state index in [2.05, 4.69) is 34.3 Å². The lowest BCUT2D eigenvalue weighted by molar-refractivity contribution is -0.243. The molecule has 0 radical (unpaired) electrons. The molecule has 0 amide bonds. The number of rotatable bonds is 4. The van der Waals surface area contributed by atoms with Crippen molar-refractivity contribution in [3.63, 3.8) is 0 Å². The Morgan fingerprint density at radius 1 is 0.886 bits per heavy atom. The van der Waals surface area contributed by atoms with Crippen molar-refractivity contribution in [3.8, 4) is 0 Å². The number of nitrogens with two attached hydrogens (primary N) is 1. The summed E-state index contributed by atoms with van der Waals surface area (Å²) >= 11 is 0. The molecule has 5 saturated carbocycles. The van der Waals surface area contributed by atoms with Gasteiger partial charge in [0.1, 0.15) is 0 Å². The van der Waals surface area contributed by atoms with Gasteiger partial charge >= 0.3 is 5.97 Å². The van der Waals surface area contributed by atoms with Gasteiger partial charge in [0.2, 0.25) is 0 Å². The Hall–Kier alpha value is -0.910. The Bertz CT molecular complexity index is 905. The van der Waals surface area contributed by atoms with E-state index in [1.165, 1.54) is 0 Å². The summed E-state index contributed by atoms with van der Waals surface area (Å²) < 4.78 is 0. The lowest BCUT2D eigenvalue weighted by Gasteiger charge is -2.73. The van der Waals surface area contributed by atoms with Crippen LogP contribution in [0.5, 0.6) is 0 Å². The van der Waals surface area contributed by atoms with Crippen LogP contribution in [0.4, 0.5) is 0 Å². The first-order chi connectivity index (χ1) is 16.4. The van der Waals surface area contributed by atoms with Crippen LogP contribution in [0.3, 0.4) is 0 Å². The molecular weight excluding hydrogens is 438 g/mol. The van der Waals surface area contributed by atoms with Gasteiger partial charge in [-0.25, -0.2) is 0 Å². The third kappa shape index (κ3) is 3.01. The third-order valence-electron chi connectivity index (χ3n) is 13.8. The average Bonchev–Trinajstić information content (AvgIpc) is 3.23. The fraction of sp³-hybridized carbons (Fsp3) is 0.900. The van der Waals surface area contributed by atoms with Gasteiger partial charge in [0.25, 0.3) is 0 Å². The number of fused-ring (bicyclic) bond motifs is 7. The Labute approximate surface area is 211 Å². The van der Waals surface area contributed by atoms with Gasteiger partial charge in [-0.05, 0) is 116 Å². The predicted octanol–water partition coefficient (Wildman–Crippen LogP) is 5.00. The van der Waals surface area contributed by atoms with Crippen LogP contribution < -0.4 is 5.73 Å². The molecule has 5 nitrogen and oxygen atoms in total. The molecule has 5 N–H and O–H groups in total. The summed E-state index contributed by atoms with van der Waals surface area (Å²) in [6, 6.07) is 0.0523. The van der Waals surface area contributed by atoms with E-state index in [0.717, 1.165) is 69.8 Å². The van der Waals surface area contributed by atoms with Crippen LogP contribution in [0.1, 0.15) is 91.9 Å². The number of carbonyl (C=O) groups is 1. The topological polar surface area (TPSA) is 104 Å². The van der Waals surface area contributed by atoms with Gasteiger partial charge in [0, 0.05) is 11.5 Å². The van der Waals surface area contributed by atoms with Gasteiger partial charge in [-0.1, -0.05) is 34.3 Å². The zero-order valence-corrected chi connectivity index (χ0v) is 22.5. The van der Waals surface area contributed by atoms with Crippen LogP contribution in [0.2, 0.25) is 0 Å². The zero-order valence-electron chi connectivity index (χ0n) is 22.5. The van der Waals surface area contributed by atoms with E-state index in [1.54, 1.807) is 0 Å². The van der Waals surface area contributed by atoms with Gasteiger partial charge < -0.3 is 21.1 Å².